The maximum Gasteiger partial charge on any atom is 0.389 e. The molecule has 1 aromatic rings. The van der Waals surface area contributed by atoms with Crippen molar-refractivity contribution in [1.82, 2.24) is 0 Å². The fourth-order valence-corrected chi connectivity index (χ4v) is 1.63. The van der Waals surface area contributed by atoms with Crippen LogP contribution in [-0.2, 0) is 0 Å². The van der Waals surface area contributed by atoms with Crippen molar-refractivity contribution in [3.05, 3.63) is 35.4 Å². The van der Waals surface area contributed by atoms with E-state index in [4.69, 9.17) is 0 Å². The van der Waals surface area contributed by atoms with Gasteiger partial charge in [-0.15, -0.1) is 0 Å². The maximum atomic E-state index is 12.0. The molecule has 0 aliphatic heterocycles. The first-order valence-corrected chi connectivity index (χ1v) is 6.03. The zero-order chi connectivity index (χ0) is 13.8. The molecule has 0 spiro atoms. The van der Waals surface area contributed by atoms with Crippen LogP contribution >= 0.6 is 0 Å². The zero-order valence-electron chi connectivity index (χ0n) is 10.6. The topological polar surface area (TPSA) is 17.1 Å². The molecule has 0 aliphatic rings. The van der Waals surface area contributed by atoms with E-state index in [2.05, 4.69) is 13.8 Å². The lowest BCUT2D eigenvalue weighted by Crippen LogP contribution is -2.11. The third kappa shape index (κ3) is 4.51. The van der Waals surface area contributed by atoms with Crippen LogP contribution in [-0.4, -0.2) is 12.0 Å². The van der Waals surface area contributed by atoms with Gasteiger partial charge in [0.15, 0.2) is 5.78 Å². The Kier molecular flexibility index (Phi) is 4.93. The van der Waals surface area contributed by atoms with E-state index >= 15 is 0 Å². The van der Waals surface area contributed by atoms with Crippen LogP contribution in [0, 0.1) is 0 Å². The lowest BCUT2D eigenvalue weighted by molar-refractivity contribution is -0.133. The molecule has 0 amide bonds. The molecule has 0 heterocycles. The number of Topliss-reactive ketones (excluding diaryl/α,β-unsaturated/α-hetero) is 1. The summed E-state index contributed by atoms with van der Waals surface area (Å²) in [7, 11) is 0. The molecule has 0 radical (unpaired) electrons. The van der Waals surface area contributed by atoms with Crippen molar-refractivity contribution in [2.75, 3.05) is 0 Å². The van der Waals surface area contributed by atoms with E-state index in [0.717, 1.165) is 12.0 Å². The summed E-state index contributed by atoms with van der Waals surface area (Å²) in [5, 5.41) is 0. The summed E-state index contributed by atoms with van der Waals surface area (Å²) < 4.78 is 36.0. The highest BCUT2D eigenvalue weighted by atomic mass is 19.4. The van der Waals surface area contributed by atoms with Crippen molar-refractivity contribution < 1.29 is 18.0 Å². The fraction of sp³-hybridized carbons (Fsp3) is 0.500. The third-order valence-electron chi connectivity index (χ3n) is 3.05. The summed E-state index contributed by atoms with van der Waals surface area (Å²) in [4.78, 5) is 11.5. The van der Waals surface area contributed by atoms with Crippen LogP contribution in [0.25, 0.3) is 0 Å². The number of hydrogen-bond acceptors (Lipinski definition) is 1. The molecule has 0 bridgehead atoms. The first-order valence-electron chi connectivity index (χ1n) is 6.03. The summed E-state index contributed by atoms with van der Waals surface area (Å²) in [5.41, 5.74) is 1.45. The summed E-state index contributed by atoms with van der Waals surface area (Å²) in [5.74, 6) is -0.0626. The maximum absolute atomic E-state index is 12.0. The van der Waals surface area contributed by atoms with E-state index in [1.807, 2.05) is 12.1 Å². The summed E-state index contributed by atoms with van der Waals surface area (Å²) in [6.45, 7) is 4.13. The van der Waals surface area contributed by atoms with Gasteiger partial charge in [-0.3, -0.25) is 4.79 Å². The highest BCUT2D eigenvalue weighted by Gasteiger charge is 2.28. The number of alkyl halides is 3. The van der Waals surface area contributed by atoms with Crippen LogP contribution in [0.1, 0.15) is 54.9 Å². The molecule has 0 aromatic heterocycles. The zero-order valence-corrected chi connectivity index (χ0v) is 10.6. The third-order valence-corrected chi connectivity index (χ3v) is 3.05. The molecule has 0 fully saturated rings. The van der Waals surface area contributed by atoms with Gasteiger partial charge in [0, 0.05) is 12.0 Å². The molecule has 0 saturated carbocycles. The van der Waals surface area contributed by atoms with Gasteiger partial charge in [0.2, 0.25) is 0 Å². The van der Waals surface area contributed by atoms with Crippen LogP contribution in [0.4, 0.5) is 13.2 Å². The van der Waals surface area contributed by atoms with Crippen molar-refractivity contribution in [3.8, 4) is 0 Å². The average Bonchev–Trinajstić information content (AvgIpc) is 2.34. The van der Waals surface area contributed by atoms with Gasteiger partial charge >= 0.3 is 6.18 Å². The number of carbonyl (C=O) groups is 1. The van der Waals surface area contributed by atoms with E-state index in [1.165, 1.54) is 0 Å². The Bertz CT molecular complexity index is 392. The van der Waals surface area contributed by atoms with Crippen LogP contribution in [0.3, 0.4) is 0 Å². The first kappa shape index (κ1) is 14.7. The Morgan fingerprint density at radius 2 is 1.78 bits per heavy atom. The van der Waals surface area contributed by atoms with Crippen molar-refractivity contribution in [1.29, 1.82) is 0 Å². The standard InChI is InChI=1S/C14H17F3O/c1-3-10(2)11-4-6-12(7-5-11)13(18)8-9-14(15,16)17/h4-7,10H,3,8-9H2,1-2H3. The number of rotatable bonds is 5. The molecule has 100 valence electrons. The van der Waals surface area contributed by atoms with Gasteiger partial charge in [-0.25, -0.2) is 0 Å². The van der Waals surface area contributed by atoms with Gasteiger partial charge in [0.1, 0.15) is 0 Å². The van der Waals surface area contributed by atoms with Gasteiger partial charge in [-0.2, -0.15) is 13.2 Å². The molecule has 1 aromatic carbocycles. The predicted octanol–water partition coefficient (Wildman–Crippen LogP) is 4.73. The van der Waals surface area contributed by atoms with E-state index in [9.17, 15) is 18.0 Å². The number of carbonyl (C=O) groups excluding carboxylic acids is 1. The molecule has 4 heteroatoms. The van der Waals surface area contributed by atoms with E-state index in [1.54, 1.807) is 12.1 Å². The number of hydrogen-bond donors (Lipinski definition) is 0. The van der Waals surface area contributed by atoms with E-state index < -0.39 is 24.8 Å². The Labute approximate surface area is 105 Å². The number of benzene rings is 1. The van der Waals surface area contributed by atoms with Crippen LogP contribution in [0.15, 0.2) is 24.3 Å². The van der Waals surface area contributed by atoms with Gasteiger partial charge in [-0.05, 0) is 17.9 Å². The Morgan fingerprint density at radius 3 is 2.22 bits per heavy atom. The lowest BCUT2D eigenvalue weighted by atomic mass is 9.96. The molecule has 18 heavy (non-hydrogen) atoms. The van der Waals surface area contributed by atoms with Crippen molar-refractivity contribution >= 4 is 5.78 Å². The summed E-state index contributed by atoms with van der Waals surface area (Å²) in [6, 6.07) is 6.85. The van der Waals surface area contributed by atoms with Gasteiger partial charge < -0.3 is 0 Å². The Morgan fingerprint density at radius 1 is 1.22 bits per heavy atom. The van der Waals surface area contributed by atoms with Crippen LogP contribution in [0.5, 0.6) is 0 Å². The minimum atomic E-state index is -4.27. The molecule has 0 saturated heterocycles. The molecule has 1 atom stereocenters. The SMILES string of the molecule is CCC(C)c1ccc(C(=O)CCC(F)(F)F)cc1. The minimum Gasteiger partial charge on any atom is -0.294 e. The van der Waals surface area contributed by atoms with Crippen LogP contribution in [0.2, 0.25) is 0 Å². The number of ketones is 1. The second-order valence-electron chi connectivity index (χ2n) is 4.47. The quantitative estimate of drug-likeness (QED) is 0.698. The molecule has 0 N–H and O–H groups in total. The second kappa shape index (κ2) is 6.03. The number of halogens is 3. The van der Waals surface area contributed by atoms with Crippen molar-refractivity contribution in [2.45, 2.75) is 45.2 Å². The largest absolute Gasteiger partial charge is 0.389 e. The van der Waals surface area contributed by atoms with Gasteiger partial charge in [0.05, 0.1) is 6.42 Å². The minimum absolute atomic E-state index is 0.353. The summed E-state index contributed by atoms with van der Waals surface area (Å²) >= 11 is 0. The van der Waals surface area contributed by atoms with Gasteiger partial charge in [0.25, 0.3) is 0 Å². The van der Waals surface area contributed by atoms with E-state index in [-0.39, 0.29) is 0 Å². The smallest absolute Gasteiger partial charge is 0.294 e. The monoisotopic (exact) mass is 258 g/mol. The van der Waals surface area contributed by atoms with Crippen LogP contribution < -0.4 is 0 Å². The average molecular weight is 258 g/mol. The second-order valence-corrected chi connectivity index (χ2v) is 4.47. The Hall–Kier alpha value is -1.32. The molecular formula is C14H17F3O. The predicted molar refractivity (Wildman–Crippen MR) is 64.8 cm³/mol. The molecule has 0 aliphatic carbocycles. The molecule has 1 nitrogen and oxygen atoms in total. The Balaban J connectivity index is 2.65. The highest BCUT2D eigenvalue weighted by molar-refractivity contribution is 5.96. The molecule has 1 rings (SSSR count). The van der Waals surface area contributed by atoms with Crippen molar-refractivity contribution in [3.63, 3.8) is 0 Å². The summed E-state index contributed by atoms with van der Waals surface area (Å²) in [6.07, 6.45) is -4.82. The highest BCUT2D eigenvalue weighted by Crippen LogP contribution is 2.23. The van der Waals surface area contributed by atoms with E-state index in [0.29, 0.717) is 11.5 Å². The fourth-order valence-electron chi connectivity index (χ4n) is 1.63. The first-order chi connectivity index (χ1) is 8.33. The molecule has 1 unspecified atom stereocenters. The normalized spacial score (nSPS) is 13.4. The lowest BCUT2D eigenvalue weighted by Gasteiger charge is -2.09. The van der Waals surface area contributed by atoms with Gasteiger partial charge in [-0.1, -0.05) is 38.1 Å². The van der Waals surface area contributed by atoms with Crippen molar-refractivity contribution in [2.24, 2.45) is 0 Å². The molecular weight excluding hydrogens is 241 g/mol.